The van der Waals surface area contributed by atoms with Crippen LogP contribution >= 0.6 is 0 Å². The second kappa shape index (κ2) is 10.7. The average Bonchev–Trinajstić information content (AvgIpc) is 3.30. The molecule has 1 amide bonds. The molecule has 1 aromatic carbocycles. The Kier molecular flexibility index (Phi) is 7.93. The largest absolute Gasteiger partial charge is 0.507 e. The van der Waals surface area contributed by atoms with Gasteiger partial charge in [0.1, 0.15) is 11.5 Å². The van der Waals surface area contributed by atoms with Crippen LogP contribution in [0.5, 0.6) is 0 Å². The molecule has 1 fully saturated rings. The van der Waals surface area contributed by atoms with Crippen LogP contribution in [0.1, 0.15) is 52.8 Å². The zero-order valence-corrected chi connectivity index (χ0v) is 21.0. The maximum Gasteiger partial charge on any atom is 0.354 e. The number of nitro benzene ring substituents is 1. The second-order valence-corrected chi connectivity index (χ2v) is 8.48. The van der Waals surface area contributed by atoms with E-state index in [9.17, 15) is 29.6 Å². The number of nitro groups is 1. The molecule has 36 heavy (non-hydrogen) atoms. The maximum absolute atomic E-state index is 13.3. The third-order valence-electron chi connectivity index (χ3n) is 6.57. The molecule has 11 heteroatoms. The van der Waals surface area contributed by atoms with E-state index >= 15 is 0 Å². The summed E-state index contributed by atoms with van der Waals surface area (Å²) in [5.41, 5.74) is 1.30. The number of aromatic amines is 1. The summed E-state index contributed by atoms with van der Waals surface area (Å²) in [6.07, 6.45) is 0. The fraction of sp³-hybridized carbons (Fsp3) is 0.400. The van der Waals surface area contributed by atoms with Gasteiger partial charge in [0.2, 0.25) is 0 Å². The first-order valence-electron chi connectivity index (χ1n) is 11.6. The first-order chi connectivity index (χ1) is 17.1. The molecule has 0 saturated carbocycles. The maximum atomic E-state index is 13.3. The van der Waals surface area contributed by atoms with Gasteiger partial charge in [0, 0.05) is 36.5 Å². The second-order valence-electron chi connectivity index (χ2n) is 8.48. The van der Waals surface area contributed by atoms with Crippen LogP contribution in [-0.2, 0) is 14.3 Å². The zero-order chi connectivity index (χ0) is 26.7. The van der Waals surface area contributed by atoms with Gasteiger partial charge >= 0.3 is 5.97 Å². The number of rotatable bonds is 9. The van der Waals surface area contributed by atoms with E-state index in [1.807, 2.05) is 13.8 Å². The van der Waals surface area contributed by atoms with Crippen molar-refractivity contribution in [3.8, 4) is 0 Å². The summed E-state index contributed by atoms with van der Waals surface area (Å²) in [4.78, 5) is 55.5. The van der Waals surface area contributed by atoms with Crippen molar-refractivity contribution in [2.75, 3.05) is 33.3 Å². The molecule has 2 aromatic rings. The SMILES string of the molecule is CCN(CC)CCN1C(=O)C(=O)/C(=C(/O)c2c(C)[nH]c(C(=O)OC)c2C)[C@H]1c1ccc([N+](=O)[O-])cc1. The van der Waals surface area contributed by atoms with Crippen LogP contribution in [0.3, 0.4) is 0 Å². The Morgan fingerprint density at radius 3 is 2.33 bits per heavy atom. The molecule has 2 N–H and O–H groups in total. The quantitative estimate of drug-likeness (QED) is 0.134. The lowest BCUT2D eigenvalue weighted by Gasteiger charge is -2.28. The number of nitrogens with one attached hydrogen (secondary N) is 1. The minimum Gasteiger partial charge on any atom is -0.507 e. The van der Waals surface area contributed by atoms with Crippen molar-refractivity contribution in [1.29, 1.82) is 0 Å². The van der Waals surface area contributed by atoms with E-state index in [4.69, 9.17) is 4.74 Å². The number of amides is 1. The number of aromatic nitrogens is 1. The smallest absolute Gasteiger partial charge is 0.354 e. The molecular formula is C25H30N4O7. The number of non-ortho nitro benzene ring substituents is 1. The standard InChI is InChI=1S/C25H30N4O7/c1-6-27(7-2)12-13-28-21(16-8-10-17(11-9-16)29(34)35)19(23(31)24(28)32)22(30)18-14(3)20(25(33)36-5)26-15(18)4/h8-11,21,26,30H,6-7,12-13H2,1-5H3/b22-19+/t21-/m1/s1. The summed E-state index contributed by atoms with van der Waals surface area (Å²) < 4.78 is 4.79. The van der Waals surface area contributed by atoms with Gasteiger partial charge in [-0.1, -0.05) is 13.8 Å². The number of aryl methyl sites for hydroxylation is 1. The summed E-state index contributed by atoms with van der Waals surface area (Å²) in [6, 6.07) is 4.58. The highest BCUT2D eigenvalue weighted by Gasteiger charge is 2.46. The van der Waals surface area contributed by atoms with Crippen molar-refractivity contribution in [2.24, 2.45) is 0 Å². The summed E-state index contributed by atoms with van der Waals surface area (Å²) in [5, 5.41) is 22.5. The topological polar surface area (TPSA) is 146 Å². The summed E-state index contributed by atoms with van der Waals surface area (Å²) in [7, 11) is 1.23. The van der Waals surface area contributed by atoms with Crippen LogP contribution in [0.15, 0.2) is 29.8 Å². The number of ketones is 1. The van der Waals surface area contributed by atoms with Gasteiger partial charge in [0.25, 0.3) is 17.4 Å². The molecule has 0 radical (unpaired) electrons. The molecule has 0 aliphatic carbocycles. The highest BCUT2D eigenvalue weighted by atomic mass is 16.6. The normalized spacial score (nSPS) is 17.2. The summed E-state index contributed by atoms with van der Waals surface area (Å²) in [6.45, 7) is 9.42. The Hall–Kier alpha value is -3.99. The van der Waals surface area contributed by atoms with Crippen molar-refractivity contribution < 1.29 is 29.2 Å². The minimum absolute atomic E-state index is 0.124. The molecular weight excluding hydrogens is 468 g/mol. The van der Waals surface area contributed by atoms with Crippen LogP contribution in [0, 0.1) is 24.0 Å². The molecule has 0 bridgehead atoms. The molecule has 0 spiro atoms. The fourth-order valence-corrected chi connectivity index (χ4v) is 4.57. The lowest BCUT2D eigenvalue weighted by molar-refractivity contribution is -0.384. The zero-order valence-electron chi connectivity index (χ0n) is 21.0. The van der Waals surface area contributed by atoms with Crippen molar-refractivity contribution in [3.63, 3.8) is 0 Å². The molecule has 2 heterocycles. The van der Waals surface area contributed by atoms with Gasteiger partial charge in [-0.2, -0.15) is 0 Å². The van der Waals surface area contributed by atoms with Crippen LogP contribution in [-0.4, -0.2) is 75.8 Å². The van der Waals surface area contributed by atoms with Crippen molar-refractivity contribution >= 4 is 29.1 Å². The van der Waals surface area contributed by atoms with E-state index < -0.39 is 34.4 Å². The number of likely N-dealkylation sites (N-methyl/N-ethyl adjacent to an activating group) is 1. The van der Waals surface area contributed by atoms with E-state index in [0.717, 1.165) is 13.1 Å². The van der Waals surface area contributed by atoms with E-state index in [0.29, 0.717) is 23.4 Å². The molecule has 3 rings (SSSR count). The number of ether oxygens (including phenoxy) is 1. The number of hydrogen-bond acceptors (Lipinski definition) is 8. The number of Topliss-reactive ketones (excluding diaryl/α,β-unsaturated/α-hetero) is 1. The first kappa shape index (κ1) is 26.6. The van der Waals surface area contributed by atoms with E-state index in [2.05, 4.69) is 9.88 Å². The van der Waals surface area contributed by atoms with Gasteiger partial charge in [-0.15, -0.1) is 0 Å². The van der Waals surface area contributed by atoms with Crippen LogP contribution < -0.4 is 0 Å². The number of carbonyl (C=O) groups is 3. The number of H-pyrrole nitrogens is 1. The van der Waals surface area contributed by atoms with Crippen LogP contribution in [0.4, 0.5) is 5.69 Å². The molecule has 1 aliphatic heterocycles. The van der Waals surface area contributed by atoms with Gasteiger partial charge in [0.15, 0.2) is 0 Å². The van der Waals surface area contributed by atoms with E-state index in [1.54, 1.807) is 13.8 Å². The van der Waals surface area contributed by atoms with Crippen molar-refractivity contribution in [2.45, 2.75) is 33.7 Å². The molecule has 0 unspecified atom stereocenters. The Morgan fingerprint density at radius 1 is 1.19 bits per heavy atom. The molecule has 11 nitrogen and oxygen atoms in total. The Morgan fingerprint density at radius 2 is 1.81 bits per heavy atom. The molecule has 1 saturated heterocycles. The molecule has 192 valence electrons. The Bertz CT molecular complexity index is 1230. The third-order valence-corrected chi connectivity index (χ3v) is 6.57. The highest BCUT2D eigenvalue weighted by molar-refractivity contribution is 6.46. The van der Waals surface area contributed by atoms with Gasteiger partial charge in [-0.25, -0.2) is 4.79 Å². The number of aliphatic hydroxyl groups excluding tert-OH is 1. The Balaban J connectivity index is 2.19. The number of methoxy groups -OCH3 is 1. The van der Waals surface area contributed by atoms with Crippen molar-refractivity contribution in [3.05, 3.63) is 68.0 Å². The van der Waals surface area contributed by atoms with E-state index in [-0.39, 0.29) is 29.1 Å². The number of carbonyl (C=O) groups excluding carboxylic acids is 3. The Labute approximate surface area is 208 Å². The highest BCUT2D eigenvalue weighted by Crippen LogP contribution is 2.41. The van der Waals surface area contributed by atoms with Gasteiger partial charge < -0.3 is 24.6 Å². The van der Waals surface area contributed by atoms with Crippen LogP contribution in [0.25, 0.3) is 5.76 Å². The van der Waals surface area contributed by atoms with Gasteiger partial charge in [0.05, 0.1) is 23.6 Å². The first-order valence-corrected chi connectivity index (χ1v) is 11.6. The molecule has 1 aromatic heterocycles. The molecule has 1 aliphatic rings. The predicted octanol–water partition coefficient (Wildman–Crippen LogP) is 3.09. The van der Waals surface area contributed by atoms with Gasteiger partial charge in [-0.3, -0.25) is 19.7 Å². The lowest BCUT2D eigenvalue weighted by atomic mass is 9.94. The number of likely N-dealkylation sites (tertiary alicyclic amines) is 1. The van der Waals surface area contributed by atoms with E-state index in [1.165, 1.54) is 36.3 Å². The van der Waals surface area contributed by atoms with Crippen LogP contribution in [0.2, 0.25) is 0 Å². The number of nitrogens with zero attached hydrogens (tertiary/aromatic N) is 3. The predicted molar refractivity (Wildman–Crippen MR) is 132 cm³/mol. The fourth-order valence-electron chi connectivity index (χ4n) is 4.57. The summed E-state index contributed by atoms with van der Waals surface area (Å²) >= 11 is 0. The summed E-state index contributed by atoms with van der Waals surface area (Å²) in [5.74, 6) is -2.70. The third kappa shape index (κ3) is 4.74. The lowest BCUT2D eigenvalue weighted by Crippen LogP contribution is -2.38. The monoisotopic (exact) mass is 498 g/mol. The number of aliphatic hydroxyl groups is 1. The number of benzene rings is 1. The number of esters is 1. The minimum atomic E-state index is -0.961. The van der Waals surface area contributed by atoms with Gasteiger partial charge in [-0.05, 0) is 50.2 Å². The number of hydrogen-bond donors (Lipinski definition) is 2. The molecule has 1 atom stereocenters. The average molecular weight is 499 g/mol. The van der Waals surface area contributed by atoms with Crippen molar-refractivity contribution in [1.82, 2.24) is 14.8 Å².